The van der Waals surface area contributed by atoms with E-state index in [0.717, 1.165) is 4.68 Å². The molecule has 0 saturated heterocycles. The van der Waals surface area contributed by atoms with Crippen LogP contribution in [-0.2, 0) is 4.79 Å². The van der Waals surface area contributed by atoms with Crippen LogP contribution >= 0.6 is 22.6 Å². The molecule has 0 unspecified atom stereocenters. The van der Waals surface area contributed by atoms with Crippen molar-refractivity contribution in [2.45, 2.75) is 19.4 Å². The van der Waals surface area contributed by atoms with Gasteiger partial charge < -0.3 is 5.11 Å². The van der Waals surface area contributed by atoms with Crippen molar-refractivity contribution in [3.8, 4) is 0 Å². The van der Waals surface area contributed by atoms with Crippen LogP contribution in [0.3, 0.4) is 0 Å². The van der Waals surface area contributed by atoms with Crippen LogP contribution in [0.1, 0.15) is 25.1 Å². The van der Waals surface area contributed by atoms with E-state index in [2.05, 4.69) is 5.10 Å². The number of aliphatic carboxylic acids is 1. The minimum Gasteiger partial charge on any atom is -0.480 e. The second-order valence-electron chi connectivity index (χ2n) is 2.66. The standard InChI is InChI=1S/C7H7F2IN2O2/c1-3(7(13)14)12-2-4(10)5(11-12)6(8)9/h2-3,6H,1H3,(H,13,14)/t3-/m1/s1. The molecule has 0 aliphatic heterocycles. The third kappa shape index (κ3) is 2.20. The van der Waals surface area contributed by atoms with Crippen LogP contribution < -0.4 is 0 Å². The molecule has 0 saturated carbocycles. The van der Waals surface area contributed by atoms with E-state index in [9.17, 15) is 13.6 Å². The molecule has 78 valence electrons. The molecule has 1 N–H and O–H groups in total. The Morgan fingerprint density at radius 3 is 2.64 bits per heavy atom. The summed E-state index contributed by atoms with van der Waals surface area (Å²) < 4.78 is 25.8. The number of carbonyl (C=O) groups is 1. The normalized spacial score (nSPS) is 13.2. The molecule has 1 heterocycles. The second-order valence-corrected chi connectivity index (χ2v) is 3.82. The number of nitrogens with zero attached hydrogens (tertiary/aromatic N) is 2. The minimum absolute atomic E-state index is 0.269. The molecular formula is C7H7F2IN2O2. The van der Waals surface area contributed by atoms with Gasteiger partial charge in [-0.25, -0.2) is 13.6 Å². The Kier molecular flexibility index (Phi) is 3.40. The van der Waals surface area contributed by atoms with Gasteiger partial charge in [-0.1, -0.05) is 0 Å². The van der Waals surface area contributed by atoms with E-state index in [1.165, 1.54) is 13.1 Å². The van der Waals surface area contributed by atoms with Gasteiger partial charge in [0.15, 0.2) is 0 Å². The third-order valence-corrected chi connectivity index (χ3v) is 2.51. The van der Waals surface area contributed by atoms with Crippen molar-refractivity contribution < 1.29 is 18.7 Å². The van der Waals surface area contributed by atoms with Crippen LogP contribution in [0.5, 0.6) is 0 Å². The molecule has 4 nitrogen and oxygen atoms in total. The molecular weight excluding hydrogens is 309 g/mol. The summed E-state index contributed by atoms with van der Waals surface area (Å²) in [6.45, 7) is 1.38. The first-order chi connectivity index (χ1) is 6.43. The van der Waals surface area contributed by atoms with Gasteiger partial charge in [-0.2, -0.15) is 5.10 Å². The Morgan fingerprint density at radius 1 is 1.71 bits per heavy atom. The lowest BCUT2D eigenvalue weighted by Gasteiger charge is -2.05. The maximum Gasteiger partial charge on any atom is 0.328 e. The lowest BCUT2D eigenvalue weighted by molar-refractivity contribution is -0.140. The molecule has 1 aromatic heterocycles. The first-order valence-corrected chi connectivity index (χ1v) is 4.77. The van der Waals surface area contributed by atoms with Gasteiger partial charge in [0.05, 0.1) is 3.57 Å². The van der Waals surface area contributed by atoms with Crippen molar-refractivity contribution in [1.82, 2.24) is 9.78 Å². The number of hydrogen-bond acceptors (Lipinski definition) is 2. The molecule has 0 amide bonds. The van der Waals surface area contributed by atoms with Crippen LogP contribution in [0, 0.1) is 3.57 Å². The van der Waals surface area contributed by atoms with Crippen LogP contribution in [-0.4, -0.2) is 20.9 Å². The Balaban J connectivity index is 3.02. The maximum atomic E-state index is 12.3. The van der Waals surface area contributed by atoms with Gasteiger partial charge in [0.1, 0.15) is 11.7 Å². The monoisotopic (exact) mass is 316 g/mol. The van der Waals surface area contributed by atoms with Crippen LogP contribution in [0.25, 0.3) is 0 Å². The molecule has 1 atom stereocenters. The summed E-state index contributed by atoms with van der Waals surface area (Å²) in [6, 6.07) is -0.934. The van der Waals surface area contributed by atoms with Crippen LogP contribution in [0.2, 0.25) is 0 Å². The predicted octanol–water partition coefficient (Wildman–Crippen LogP) is 2.07. The number of carboxylic acids is 1. The maximum absolute atomic E-state index is 12.3. The molecule has 0 aromatic carbocycles. The zero-order chi connectivity index (χ0) is 10.9. The molecule has 1 rings (SSSR count). The van der Waals surface area contributed by atoms with Crippen LogP contribution in [0.15, 0.2) is 6.20 Å². The molecule has 14 heavy (non-hydrogen) atoms. The summed E-state index contributed by atoms with van der Waals surface area (Å²) in [5, 5.41) is 12.1. The topological polar surface area (TPSA) is 55.1 Å². The second kappa shape index (κ2) is 4.20. The van der Waals surface area contributed by atoms with E-state index >= 15 is 0 Å². The fourth-order valence-electron chi connectivity index (χ4n) is 0.843. The van der Waals surface area contributed by atoms with E-state index in [4.69, 9.17) is 5.11 Å². The summed E-state index contributed by atoms with van der Waals surface area (Å²) in [4.78, 5) is 10.5. The van der Waals surface area contributed by atoms with Crippen molar-refractivity contribution in [3.63, 3.8) is 0 Å². The van der Waals surface area contributed by atoms with Crippen molar-refractivity contribution in [1.29, 1.82) is 0 Å². The summed E-state index contributed by atoms with van der Waals surface area (Å²) in [5.74, 6) is -1.11. The molecule has 7 heteroatoms. The zero-order valence-corrected chi connectivity index (χ0v) is 9.27. The first kappa shape index (κ1) is 11.3. The van der Waals surface area contributed by atoms with E-state index in [1.54, 1.807) is 22.6 Å². The third-order valence-electron chi connectivity index (χ3n) is 1.67. The zero-order valence-electron chi connectivity index (χ0n) is 7.12. The summed E-state index contributed by atoms with van der Waals surface area (Å²) in [7, 11) is 0. The van der Waals surface area contributed by atoms with Gasteiger partial charge in [-0.15, -0.1) is 0 Å². The quantitative estimate of drug-likeness (QED) is 0.869. The Hall–Kier alpha value is -0.730. The van der Waals surface area contributed by atoms with Gasteiger partial charge in [0.2, 0.25) is 0 Å². The van der Waals surface area contributed by atoms with Crippen molar-refractivity contribution in [3.05, 3.63) is 15.5 Å². The summed E-state index contributed by atoms with van der Waals surface area (Å²) in [6.07, 6.45) is -1.38. The highest BCUT2D eigenvalue weighted by molar-refractivity contribution is 14.1. The number of rotatable bonds is 3. The predicted molar refractivity (Wildman–Crippen MR) is 52.2 cm³/mol. The smallest absolute Gasteiger partial charge is 0.328 e. The summed E-state index contributed by atoms with van der Waals surface area (Å²) >= 11 is 1.70. The van der Waals surface area contributed by atoms with Gasteiger partial charge in [-0.3, -0.25) is 4.68 Å². The Bertz CT molecular complexity index is 353. The molecule has 1 aromatic rings. The van der Waals surface area contributed by atoms with Gasteiger partial charge in [0.25, 0.3) is 6.43 Å². The van der Waals surface area contributed by atoms with Crippen molar-refractivity contribution in [2.24, 2.45) is 0 Å². The largest absolute Gasteiger partial charge is 0.480 e. The first-order valence-electron chi connectivity index (χ1n) is 3.69. The number of aromatic nitrogens is 2. The number of carboxylic acid groups (broad SMARTS) is 1. The molecule has 0 radical (unpaired) electrons. The highest BCUT2D eigenvalue weighted by atomic mass is 127. The molecule has 0 aliphatic rings. The van der Waals surface area contributed by atoms with Crippen molar-refractivity contribution >= 4 is 28.6 Å². The minimum atomic E-state index is -2.68. The van der Waals surface area contributed by atoms with Crippen LogP contribution in [0.4, 0.5) is 8.78 Å². The van der Waals surface area contributed by atoms with E-state index in [0.29, 0.717) is 0 Å². The number of alkyl halides is 2. The fourth-order valence-corrected chi connectivity index (χ4v) is 1.47. The average Bonchev–Trinajstić information content (AvgIpc) is 2.45. The number of hydrogen-bond donors (Lipinski definition) is 1. The molecule has 0 aliphatic carbocycles. The van der Waals surface area contributed by atoms with E-state index in [-0.39, 0.29) is 9.26 Å². The molecule has 0 fully saturated rings. The fraction of sp³-hybridized carbons (Fsp3) is 0.429. The lowest BCUT2D eigenvalue weighted by Crippen LogP contribution is -2.16. The van der Waals surface area contributed by atoms with Gasteiger partial charge in [-0.05, 0) is 29.5 Å². The van der Waals surface area contributed by atoms with Gasteiger partial charge >= 0.3 is 5.97 Å². The Labute approximate surface area is 92.0 Å². The van der Waals surface area contributed by atoms with Gasteiger partial charge in [0, 0.05) is 6.20 Å². The molecule has 0 spiro atoms. The van der Waals surface area contributed by atoms with Crippen molar-refractivity contribution in [2.75, 3.05) is 0 Å². The molecule has 0 bridgehead atoms. The van der Waals surface area contributed by atoms with E-state index in [1.807, 2.05) is 0 Å². The Morgan fingerprint density at radius 2 is 2.29 bits per heavy atom. The highest BCUT2D eigenvalue weighted by Gasteiger charge is 2.21. The highest BCUT2D eigenvalue weighted by Crippen LogP contribution is 2.23. The number of halogens is 3. The average molecular weight is 316 g/mol. The SMILES string of the molecule is C[C@H](C(=O)O)n1cc(I)c(C(F)F)n1. The van der Waals surface area contributed by atoms with E-state index < -0.39 is 18.4 Å². The lowest BCUT2D eigenvalue weighted by atomic mass is 10.4. The summed E-state index contributed by atoms with van der Waals surface area (Å²) in [5.41, 5.74) is -0.376.